The lowest BCUT2D eigenvalue weighted by atomic mass is 10.1. The number of ether oxygens (including phenoxy) is 1. The number of nitrogens with one attached hydrogen (secondary N) is 1. The van der Waals surface area contributed by atoms with Crippen molar-refractivity contribution >= 4 is 29.1 Å². The number of amides is 2. The maximum Gasteiger partial charge on any atom is 0.224 e. The number of rotatable bonds is 7. The molecule has 0 heterocycles. The van der Waals surface area contributed by atoms with Gasteiger partial charge in [0.25, 0.3) is 0 Å². The molecule has 0 unspecified atom stereocenters. The van der Waals surface area contributed by atoms with Crippen molar-refractivity contribution in [3.05, 3.63) is 58.6 Å². The van der Waals surface area contributed by atoms with Crippen LogP contribution < -0.4 is 15.0 Å². The van der Waals surface area contributed by atoms with Crippen LogP contribution >= 0.6 is 11.6 Å². The van der Waals surface area contributed by atoms with Crippen LogP contribution in [0.5, 0.6) is 5.75 Å². The predicted molar refractivity (Wildman–Crippen MR) is 104 cm³/mol. The smallest absolute Gasteiger partial charge is 0.224 e. The van der Waals surface area contributed by atoms with Gasteiger partial charge in [-0.05, 0) is 30.7 Å². The average molecular weight is 375 g/mol. The molecule has 5 nitrogen and oxygen atoms in total. The fraction of sp³-hybridized carbons (Fsp3) is 0.300. The molecule has 138 valence electrons. The van der Waals surface area contributed by atoms with Crippen molar-refractivity contribution in [3.63, 3.8) is 0 Å². The zero-order valence-electron chi connectivity index (χ0n) is 15.2. The van der Waals surface area contributed by atoms with Crippen LogP contribution in [-0.2, 0) is 16.0 Å². The molecule has 0 saturated carbocycles. The zero-order valence-corrected chi connectivity index (χ0v) is 16.0. The lowest BCUT2D eigenvalue weighted by molar-refractivity contribution is -0.121. The highest BCUT2D eigenvalue weighted by Gasteiger charge is 2.14. The SMILES string of the molecule is COc1ccc(N(CCNC(=O)Cc2cccc(C)c2)C(C)=O)cc1Cl. The molecule has 0 fully saturated rings. The van der Waals surface area contributed by atoms with E-state index in [2.05, 4.69) is 5.32 Å². The molecular weight excluding hydrogens is 352 g/mol. The lowest BCUT2D eigenvalue weighted by Crippen LogP contribution is -2.38. The Labute approximate surface area is 158 Å². The van der Waals surface area contributed by atoms with Gasteiger partial charge in [0.05, 0.1) is 18.6 Å². The van der Waals surface area contributed by atoms with Crippen LogP contribution in [0.1, 0.15) is 18.1 Å². The summed E-state index contributed by atoms with van der Waals surface area (Å²) in [5.74, 6) is 0.344. The molecule has 0 aliphatic heterocycles. The van der Waals surface area contributed by atoms with Crippen molar-refractivity contribution in [1.29, 1.82) is 0 Å². The Hall–Kier alpha value is -2.53. The largest absolute Gasteiger partial charge is 0.495 e. The first-order chi connectivity index (χ1) is 12.4. The molecule has 26 heavy (non-hydrogen) atoms. The Bertz CT molecular complexity index is 792. The quantitative estimate of drug-likeness (QED) is 0.808. The number of anilines is 1. The third-order valence-electron chi connectivity index (χ3n) is 3.93. The monoisotopic (exact) mass is 374 g/mol. The van der Waals surface area contributed by atoms with Gasteiger partial charge in [-0.25, -0.2) is 0 Å². The minimum Gasteiger partial charge on any atom is -0.495 e. The van der Waals surface area contributed by atoms with E-state index in [1.54, 1.807) is 23.1 Å². The van der Waals surface area contributed by atoms with Gasteiger partial charge in [0.15, 0.2) is 0 Å². The van der Waals surface area contributed by atoms with E-state index < -0.39 is 0 Å². The van der Waals surface area contributed by atoms with Gasteiger partial charge >= 0.3 is 0 Å². The summed E-state index contributed by atoms with van der Waals surface area (Å²) < 4.78 is 5.13. The van der Waals surface area contributed by atoms with Crippen molar-refractivity contribution in [3.8, 4) is 5.75 Å². The zero-order chi connectivity index (χ0) is 19.1. The van der Waals surface area contributed by atoms with Crippen LogP contribution in [0.2, 0.25) is 5.02 Å². The Kier molecular flexibility index (Phi) is 7.04. The van der Waals surface area contributed by atoms with E-state index in [1.165, 1.54) is 14.0 Å². The summed E-state index contributed by atoms with van der Waals surface area (Å²) in [5.41, 5.74) is 2.75. The minimum absolute atomic E-state index is 0.0770. The van der Waals surface area contributed by atoms with Gasteiger partial charge in [-0.3, -0.25) is 9.59 Å². The molecule has 0 spiro atoms. The number of aryl methyl sites for hydroxylation is 1. The summed E-state index contributed by atoms with van der Waals surface area (Å²) in [4.78, 5) is 25.6. The van der Waals surface area contributed by atoms with Crippen LogP contribution in [0, 0.1) is 6.92 Å². The fourth-order valence-corrected chi connectivity index (χ4v) is 2.92. The molecule has 0 aliphatic carbocycles. The fourth-order valence-electron chi connectivity index (χ4n) is 2.67. The number of methoxy groups -OCH3 is 1. The topological polar surface area (TPSA) is 58.6 Å². The summed E-state index contributed by atoms with van der Waals surface area (Å²) in [7, 11) is 1.54. The van der Waals surface area contributed by atoms with E-state index in [4.69, 9.17) is 16.3 Å². The number of carbonyl (C=O) groups excluding carboxylic acids is 2. The second-order valence-electron chi connectivity index (χ2n) is 6.01. The summed E-state index contributed by atoms with van der Waals surface area (Å²) in [6, 6.07) is 13.0. The summed E-state index contributed by atoms with van der Waals surface area (Å²) in [6.45, 7) is 4.18. The van der Waals surface area contributed by atoms with Crippen LogP contribution in [0.25, 0.3) is 0 Å². The highest BCUT2D eigenvalue weighted by molar-refractivity contribution is 6.32. The van der Waals surface area contributed by atoms with E-state index in [0.717, 1.165) is 11.1 Å². The van der Waals surface area contributed by atoms with E-state index >= 15 is 0 Å². The summed E-state index contributed by atoms with van der Waals surface area (Å²) in [5, 5.41) is 3.28. The van der Waals surface area contributed by atoms with Crippen molar-refractivity contribution in [2.24, 2.45) is 0 Å². The maximum atomic E-state index is 12.1. The molecule has 0 radical (unpaired) electrons. The van der Waals surface area contributed by atoms with Crippen LogP contribution in [-0.4, -0.2) is 32.0 Å². The van der Waals surface area contributed by atoms with E-state index in [1.807, 2.05) is 31.2 Å². The molecular formula is C20H23ClN2O3. The maximum absolute atomic E-state index is 12.1. The molecule has 1 N–H and O–H groups in total. The third kappa shape index (κ3) is 5.49. The molecule has 2 amide bonds. The van der Waals surface area contributed by atoms with Crippen molar-refractivity contribution in [2.45, 2.75) is 20.3 Å². The third-order valence-corrected chi connectivity index (χ3v) is 4.23. The second-order valence-corrected chi connectivity index (χ2v) is 6.41. The first-order valence-electron chi connectivity index (χ1n) is 8.34. The Morgan fingerprint density at radius 1 is 1.19 bits per heavy atom. The first-order valence-corrected chi connectivity index (χ1v) is 8.72. The number of halogens is 1. The molecule has 2 rings (SSSR count). The minimum atomic E-state index is -0.126. The van der Waals surface area contributed by atoms with Crippen LogP contribution in [0.4, 0.5) is 5.69 Å². The van der Waals surface area contributed by atoms with Gasteiger partial charge in [0.2, 0.25) is 11.8 Å². The second kappa shape index (κ2) is 9.25. The van der Waals surface area contributed by atoms with Gasteiger partial charge in [-0.2, -0.15) is 0 Å². The van der Waals surface area contributed by atoms with Crippen LogP contribution in [0.3, 0.4) is 0 Å². The van der Waals surface area contributed by atoms with E-state index in [-0.39, 0.29) is 11.8 Å². The molecule has 0 aliphatic rings. The molecule has 0 bridgehead atoms. The van der Waals surface area contributed by atoms with Crippen molar-refractivity contribution in [2.75, 3.05) is 25.1 Å². The Morgan fingerprint density at radius 3 is 2.58 bits per heavy atom. The molecule has 0 saturated heterocycles. The highest BCUT2D eigenvalue weighted by atomic mass is 35.5. The van der Waals surface area contributed by atoms with Gasteiger partial charge in [0.1, 0.15) is 5.75 Å². The number of nitrogens with zero attached hydrogens (tertiary/aromatic N) is 1. The standard InChI is InChI=1S/C20H23ClN2O3/c1-14-5-4-6-16(11-14)12-20(25)22-9-10-23(15(2)24)17-7-8-19(26-3)18(21)13-17/h4-8,11,13H,9-10,12H2,1-3H3,(H,22,25). The Morgan fingerprint density at radius 2 is 1.96 bits per heavy atom. The number of benzene rings is 2. The van der Waals surface area contributed by atoms with E-state index in [0.29, 0.717) is 36.0 Å². The van der Waals surface area contributed by atoms with Gasteiger partial charge in [0, 0.05) is 25.7 Å². The van der Waals surface area contributed by atoms with Gasteiger partial charge < -0.3 is 15.0 Å². The van der Waals surface area contributed by atoms with Crippen LogP contribution in [0.15, 0.2) is 42.5 Å². The summed E-state index contributed by atoms with van der Waals surface area (Å²) in [6.07, 6.45) is 0.316. The van der Waals surface area contributed by atoms with Crippen molar-refractivity contribution < 1.29 is 14.3 Å². The predicted octanol–water partition coefficient (Wildman–Crippen LogP) is 3.37. The number of carbonyl (C=O) groups is 2. The van der Waals surface area contributed by atoms with E-state index in [9.17, 15) is 9.59 Å². The summed E-state index contributed by atoms with van der Waals surface area (Å²) >= 11 is 6.13. The first kappa shape index (κ1) is 19.8. The number of hydrogen-bond acceptors (Lipinski definition) is 3. The van der Waals surface area contributed by atoms with Crippen molar-refractivity contribution in [1.82, 2.24) is 5.32 Å². The van der Waals surface area contributed by atoms with Gasteiger partial charge in [-0.1, -0.05) is 41.4 Å². The normalized spacial score (nSPS) is 10.3. The highest BCUT2D eigenvalue weighted by Crippen LogP contribution is 2.29. The Balaban J connectivity index is 1.93. The molecule has 6 heteroatoms. The molecule has 0 aromatic heterocycles. The molecule has 2 aromatic carbocycles. The number of hydrogen-bond donors (Lipinski definition) is 1. The lowest BCUT2D eigenvalue weighted by Gasteiger charge is -2.22. The molecule has 0 atom stereocenters. The molecule has 2 aromatic rings. The average Bonchev–Trinajstić information content (AvgIpc) is 2.58. The van der Waals surface area contributed by atoms with Gasteiger partial charge in [-0.15, -0.1) is 0 Å².